The highest BCUT2D eigenvalue weighted by Crippen LogP contribution is 2.16. The van der Waals surface area contributed by atoms with Crippen LogP contribution in [-0.2, 0) is 13.0 Å². The molecule has 2 amide bonds. The largest absolute Gasteiger partial charge is 0.333 e. The molecule has 1 aliphatic heterocycles. The van der Waals surface area contributed by atoms with Gasteiger partial charge in [-0.3, -0.25) is 4.79 Å². The van der Waals surface area contributed by atoms with Crippen molar-refractivity contribution in [1.29, 1.82) is 0 Å². The van der Waals surface area contributed by atoms with Crippen molar-refractivity contribution < 1.29 is 9.59 Å². The molecule has 7 nitrogen and oxygen atoms in total. The zero-order valence-corrected chi connectivity index (χ0v) is 13.2. The van der Waals surface area contributed by atoms with Gasteiger partial charge in [-0.05, 0) is 44.0 Å². The van der Waals surface area contributed by atoms with Crippen LogP contribution >= 0.6 is 0 Å². The molecule has 120 valence electrons. The number of hydrogen-bond donors (Lipinski definition) is 2. The molecule has 0 spiro atoms. The Morgan fingerprint density at radius 2 is 2.17 bits per heavy atom. The van der Waals surface area contributed by atoms with E-state index >= 15 is 0 Å². The zero-order chi connectivity index (χ0) is 16.4. The van der Waals surface area contributed by atoms with Gasteiger partial charge in [-0.2, -0.15) is 5.10 Å². The molecule has 23 heavy (non-hydrogen) atoms. The minimum absolute atomic E-state index is 0.0179. The van der Waals surface area contributed by atoms with Crippen molar-refractivity contribution in [2.24, 2.45) is 0 Å². The Labute approximate surface area is 134 Å². The molecule has 3 rings (SSSR count). The molecule has 0 saturated heterocycles. The summed E-state index contributed by atoms with van der Waals surface area (Å²) in [7, 11) is 0. The maximum Gasteiger partial charge on any atom is 0.319 e. The highest BCUT2D eigenvalue weighted by molar-refractivity contribution is 5.96. The molecule has 0 bridgehead atoms. The number of nitrogens with zero attached hydrogens (tertiary/aromatic N) is 3. The number of carbonyl (C=O) groups is 2. The Balaban J connectivity index is 1.60. The zero-order valence-electron chi connectivity index (χ0n) is 13.2. The van der Waals surface area contributed by atoms with E-state index in [2.05, 4.69) is 20.7 Å². The fraction of sp³-hybridized carbons (Fsp3) is 0.375. The molecule has 0 saturated carbocycles. The van der Waals surface area contributed by atoms with Crippen LogP contribution in [0.3, 0.4) is 0 Å². The molecule has 2 N–H and O–H groups in total. The van der Waals surface area contributed by atoms with E-state index in [4.69, 9.17) is 0 Å². The first kappa shape index (κ1) is 15.2. The van der Waals surface area contributed by atoms with Crippen molar-refractivity contribution in [2.75, 3.05) is 5.32 Å². The van der Waals surface area contributed by atoms with Crippen molar-refractivity contribution in [1.82, 2.24) is 20.1 Å². The summed E-state index contributed by atoms with van der Waals surface area (Å²) >= 11 is 0. The van der Waals surface area contributed by atoms with E-state index in [1.165, 1.54) is 13.3 Å². The number of fused-ring (bicyclic) bond motifs is 1. The summed E-state index contributed by atoms with van der Waals surface area (Å²) in [6.07, 6.45) is 3.18. The van der Waals surface area contributed by atoms with Crippen LogP contribution in [0.1, 0.15) is 35.1 Å². The number of nitrogens with one attached hydrogen (secondary N) is 2. The van der Waals surface area contributed by atoms with Crippen LogP contribution in [-0.4, -0.2) is 32.6 Å². The van der Waals surface area contributed by atoms with E-state index in [1.54, 1.807) is 18.2 Å². The summed E-state index contributed by atoms with van der Waals surface area (Å²) in [6.45, 7) is 4.02. The number of ketones is 1. The van der Waals surface area contributed by atoms with Gasteiger partial charge in [0.25, 0.3) is 0 Å². The number of carbonyl (C=O) groups excluding carboxylic acids is 2. The van der Waals surface area contributed by atoms with Crippen LogP contribution in [0.5, 0.6) is 0 Å². The van der Waals surface area contributed by atoms with E-state index in [9.17, 15) is 9.59 Å². The molecule has 2 heterocycles. The number of benzene rings is 1. The molecule has 1 atom stereocenters. The number of anilines is 1. The fourth-order valence-corrected chi connectivity index (χ4v) is 2.84. The Morgan fingerprint density at radius 1 is 1.35 bits per heavy atom. The highest BCUT2D eigenvalue weighted by atomic mass is 16.2. The van der Waals surface area contributed by atoms with Gasteiger partial charge < -0.3 is 10.6 Å². The number of hydrogen-bond acceptors (Lipinski definition) is 4. The second kappa shape index (κ2) is 6.20. The Hall–Kier alpha value is -2.70. The predicted octanol–water partition coefficient (Wildman–Crippen LogP) is 1.93. The first-order valence-corrected chi connectivity index (χ1v) is 7.58. The maximum atomic E-state index is 12.1. The van der Waals surface area contributed by atoms with Gasteiger partial charge in [0.2, 0.25) is 0 Å². The van der Waals surface area contributed by atoms with E-state index < -0.39 is 0 Å². The summed E-state index contributed by atoms with van der Waals surface area (Å²) < 4.78 is 1.82. The van der Waals surface area contributed by atoms with Crippen molar-refractivity contribution in [3.05, 3.63) is 41.5 Å². The van der Waals surface area contributed by atoms with Gasteiger partial charge >= 0.3 is 6.03 Å². The van der Waals surface area contributed by atoms with Crippen LogP contribution < -0.4 is 10.6 Å². The number of Topliss-reactive ketones (excluding diaryl/α,β-unsaturated/α-hetero) is 1. The summed E-state index contributed by atoms with van der Waals surface area (Å²) in [6, 6.07) is 5.04. The molecular weight excluding hydrogens is 294 g/mol. The maximum absolute atomic E-state index is 12.1. The molecule has 0 radical (unpaired) electrons. The topological polar surface area (TPSA) is 88.9 Å². The first-order valence-electron chi connectivity index (χ1n) is 7.58. The summed E-state index contributed by atoms with van der Waals surface area (Å²) in [5, 5.41) is 9.89. The Kier molecular flexibility index (Phi) is 4.10. The molecular formula is C16H19N5O2. The molecule has 0 aliphatic carbocycles. The van der Waals surface area contributed by atoms with Gasteiger partial charge in [0.05, 0.1) is 12.6 Å². The van der Waals surface area contributed by atoms with Crippen LogP contribution in [0.4, 0.5) is 10.5 Å². The van der Waals surface area contributed by atoms with Crippen LogP contribution in [0, 0.1) is 6.92 Å². The van der Waals surface area contributed by atoms with Crippen molar-refractivity contribution in [3.63, 3.8) is 0 Å². The van der Waals surface area contributed by atoms with Gasteiger partial charge in [-0.15, -0.1) is 0 Å². The van der Waals surface area contributed by atoms with Gasteiger partial charge in [-0.1, -0.05) is 0 Å². The minimum Gasteiger partial charge on any atom is -0.333 e. The van der Waals surface area contributed by atoms with Gasteiger partial charge in [0.1, 0.15) is 12.2 Å². The lowest BCUT2D eigenvalue weighted by Crippen LogP contribution is -2.43. The first-order chi connectivity index (χ1) is 11.0. The molecule has 1 aromatic carbocycles. The number of amides is 2. The van der Waals surface area contributed by atoms with Crippen LogP contribution in [0.2, 0.25) is 0 Å². The highest BCUT2D eigenvalue weighted by Gasteiger charge is 2.21. The Morgan fingerprint density at radius 3 is 2.91 bits per heavy atom. The summed E-state index contributed by atoms with van der Waals surface area (Å²) in [4.78, 5) is 27.7. The van der Waals surface area contributed by atoms with E-state index in [0.717, 1.165) is 24.2 Å². The quantitative estimate of drug-likeness (QED) is 0.847. The molecule has 7 heteroatoms. The number of urea groups is 1. The normalized spacial score (nSPS) is 16.5. The van der Waals surface area contributed by atoms with Crippen LogP contribution in [0.15, 0.2) is 24.5 Å². The predicted molar refractivity (Wildman–Crippen MR) is 85.5 cm³/mol. The van der Waals surface area contributed by atoms with Crippen molar-refractivity contribution >= 4 is 17.5 Å². The second-order valence-electron chi connectivity index (χ2n) is 5.78. The SMILES string of the molecule is CC(=O)c1ccc(NC(=O)N[C@@H]2CCc3ncnn3C2)cc1C. The lowest BCUT2D eigenvalue weighted by atomic mass is 10.0. The average Bonchev–Trinajstić information content (AvgIpc) is 2.94. The van der Waals surface area contributed by atoms with E-state index in [0.29, 0.717) is 17.8 Å². The smallest absolute Gasteiger partial charge is 0.319 e. The third-order valence-corrected chi connectivity index (χ3v) is 4.00. The van der Waals surface area contributed by atoms with Crippen molar-refractivity contribution in [2.45, 2.75) is 39.3 Å². The summed E-state index contributed by atoms with van der Waals surface area (Å²) in [5.74, 6) is 0.975. The van der Waals surface area contributed by atoms with Gasteiger partial charge in [0, 0.05) is 17.7 Å². The van der Waals surface area contributed by atoms with Gasteiger partial charge in [-0.25, -0.2) is 14.5 Å². The second-order valence-corrected chi connectivity index (χ2v) is 5.78. The monoisotopic (exact) mass is 313 g/mol. The molecule has 1 aromatic heterocycles. The molecule has 2 aromatic rings. The van der Waals surface area contributed by atoms with E-state index in [1.807, 2.05) is 11.6 Å². The third-order valence-electron chi connectivity index (χ3n) is 4.00. The molecule has 1 aliphatic rings. The lowest BCUT2D eigenvalue weighted by molar-refractivity contribution is 0.101. The molecule has 0 fully saturated rings. The minimum atomic E-state index is -0.256. The average molecular weight is 313 g/mol. The van der Waals surface area contributed by atoms with Gasteiger partial charge in [0.15, 0.2) is 5.78 Å². The number of rotatable bonds is 3. The third kappa shape index (κ3) is 3.39. The van der Waals surface area contributed by atoms with E-state index in [-0.39, 0.29) is 17.9 Å². The Bertz CT molecular complexity index is 753. The molecule has 0 unspecified atom stereocenters. The summed E-state index contributed by atoms with van der Waals surface area (Å²) in [5.41, 5.74) is 2.18. The fourth-order valence-electron chi connectivity index (χ4n) is 2.84. The van der Waals surface area contributed by atoms with Crippen LogP contribution in [0.25, 0.3) is 0 Å². The number of aryl methyl sites for hydroxylation is 2. The standard InChI is InChI=1S/C16H19N5O2/c1-10-7-12(3-5-14(10)11(2)22)19-16(23)20-13-4-6-15-17-9-18-21(15)8-13/h3,5,7,9,13H,4,6,8H2,1-2H3,(H2,19,20,23)/t13-/m1/s1. The number of aromatic nitrogens is 3. The lowest BCUT2D eigenvalue weighted by Gasteiger charge is -2.23. The van der Waals surface area contributed by atoms with Crippen molar-refractivity contribution in [3.8, 4) is 0 Å².